The number of Topliss-reactive ketones (excluding diaryl/α,β-unsaturated/α-hetero) is 1. The molecule has 1 aromatic rings. The highest BCUT2D eigenvalue weighted by atomic mass is 16.5. The maximum absolute atomic E-state index is 11.4. The third-order valence-corrected chi connectivity index (χ3v) is 2.25. The Balaban J connectivity index is 2.10. The Morgan fingerprint density at radius 2 is 1.94 bits per heavy atom. The summed E-state index contributed by atoms with van der Waals surface area (Å²) in [5.74, 6) is 1.67. The van der Waals surface area contributed by atoms with E-state index in [4.69, 9.17) is 4.74 Å². The molecule has 2 heteroatoms. The molecule has 0 aliphatic carbocycles. The van der Waals surface area contributed by atoms with Crippen LogP contribution in [-0.2, 0) is 4.79 Å². The molecular weight excluding hydrogens is 200 g/mol. The van der Waals surface area contributed by atoms with E-state index in [-0.39, 0.29) is 0 Å². The third-order valence-electron chi connectivity index (χ3n) is 2.25. The van der Waals surface area contributed by atoms with E-state index in [1.54, 1.807) is 0 Å². The summed E-state index contributed by atoms with van der Waals surface area (Å²) in [5.41, 5.74) is 0. The van der Waals surface area contributed by atoms with Crippen molar-refractivity contribution < 1.29 is 9.53 Å². The highest BCUT2D eigenvalue weighted by Crippen LogP contribution is 2.10. The molecule has 0 amide bonds. The van der Waals surface area contributed by atoms with Crippen molar-refractivity contribution in [2.75, 3.05) is 6.61 Å². The molecule has 0 aliphatic rings. The molecule has 0 atom stereocenters. The van der Waals surface area contributed by atoms with Gasteiger partial charge in [-0.2, -0.15) is 0 Å². The lowest BCUT2D eigenvalue weighted by molar-refractivity contribution is -0.119. The second-order valence-corrected chi connectivity index (χ2v) is 4.40. The third kappa shape index (κ3) is 5.54. The van der Waals surface area contributed by atoms with Gasteiger partial charge in [-0.1, -0.05) is 32.0 Å². The van der Waals surface area contributed by atoms with Gasteiger partial charge in [0.05, 0.1) is 6.61 Å². The first-order valence-electron chi connectivity index (χ1n) is 5.88. The zero-order valence-electron chi connectivity index (χ0n) is 10.1. The molecule has 0 unspecified atom stereocenters. The highest BCUT2D eigenvalue weighted by Gasteiger charge is 2.04. The summed E-state index contributed by atoms with van der Waals surface area (Å²) in [7, 11) is 0. The molecule has 2 nitrogen and oxygen atoms in total. The molecule has 0 heterocycles. The molecule has 0 saturated heterocycles. The summed E-state index contributed by atoms with van der Waals surface area (Å²) in [6.45, 7) is 4.75. The second kappa shape index (κ2) is 7.04. The van der Waals surface area contributed by atoms with Gasteiger partial charge in [0.1, 0.15) is 11.5 Å². The molecule has 0 fully saturated rings. The molecule has 1 rings (SSSR count). The largest absolute Gasteiger partial charge is 0.494 e. The van der Waals surface area contributed by atoms with Gasteiger partial charge in [-0.25, -0.2) is 0 Å². The van der Waals surface area contributed by atoms with Gasteiger partial charge in [-0.3, -0.25) is 4.79 Å². The first-order valence-corrected chi connectivity index (χ1v) is 5.88. The van der Waals surface area contributed by atoms with E-state index in [2.05, 4.69) is 13.8 Å². The summed E-state index contributed by atoms with van der Waals surface area (Å²) in [6.07, 6.45) is 2.12. The number of para-hydroxylation sites is 1. The summed E-state index contributed by atoms with van der Waals surface area (Å²) in [4.78, 5) is 11.4. The van der Waals surface area contributed by atoms with Crippen LogP contribution in [0.5, 0.6) is 5.75 Å². The van der Waals surface area contributed by atoms with Crippen molar-refractivity contribution >= 4 is 5.78 Å². The van der Waals surface area contributed by atoms with Crippen LogP contribution in [0.1, 0.15) is 33.1 Å². The van der Waals surface area contributed by atoms with Gasteiger partial charge in [0, 0.05) is 12.8 Å². The lowest BCUT2D eigenvalue weighted by atomic mass is 10.0. The van der Waals surface area contributed by atoms with Gasteiger partial charge in [0.15, 0.2) is 0 Å². The van der Waals surface area contributed by atoms with Gasteiger partial charge < -0.3 is 4.74 Å². The number of ether oxygens (including phenoxy) is 1. The van der Waals surface area contributed by atoms with Crippen molar-refractivity contribution in [3.63, 3.8) is 0 Å². The van der Waals surface area contributed by atoms with E-state index in [1.165, 1.54) is 0 Å². The maximum atomic E-state index is 11.4. The number of hydrogen-bond donors (Lipinski definition) is 0. The highest BCUT2D eigenvalue weighted by molar-refractivity contribution is 5.78. The second-order valence-electron chi connectivity index (χ2n) is 4.40. The summed E-state index contributed by atoms with van der Waals surface area (Å²) < 4.78 is 5.51. The molecular formula is C14H20O2. The molecule has 16 heavy (non-hydrogen) atoms. The minimum atomic E-state index is 0.340. The van der Waals surface area contributed by atoms with Crippen molar-refractivity contribution in [2.45, 2.75) is 33.1 Å². The molecule has 0 saturated carbocycles. The van der Waals surface area contributed by atoms with Gasteiger partial charge in [0.2, 0.25) is 0 Å². The van der Waals surface area contributed by atoms with Gasteiger partial charge in [-0.05, 0) is 24.5 Å². The summed E-state index contributed by atoms with van der Waals surface area (Å²) >= 11 is 0. The van der Waals surface area contributed by atoms with Crippen LogP contribution < -0.4 is 4.74 Å². The number of carbonyl (C=O) groups is 1. The topological polar surface area (TPSA) is 26.3 Å². The minimum absolute atomic E-state index is 0.340. The van der Waals surface area contributed by atoms with Gasteiger partial charge in [0.25, 0.3) is 0 Å². The lowest BCUT2D eigenvalue weighted by Gasteiger charge is -2.06. The van der Waals surface area contributed by atoms with Crippen molar-refractivity contribution in [1.82, 2.24) is 0 Å². The average Bonchev–Trinajstić information content (AvgIpc) is 2.25. The van der Waals surface area contributed by atoms with Crippen molar-refractivity contribution in [1.29, 1.82) is 0 Å². The van der Waals surface area contributed by atoms with Crippen LogP contribution in [-0.4, -0.2) is 12.4 Å². The molecule has 0 N–H and O–H groups in total. The van der Waals surface area contributed by atoms with E-state index in [9.17, 15) is 4.79 Å². The van der Waals surface area contributed by atoms with Crippen LogP contribution in [0.25, 0.3) is 0 Å². The summed E-state index contributed by atoms with van der Waals surface area (Å²) in [6, 6.07) is 9.70. The van der Waals surface area contributed by atoms with Crippen LogP contribution in [0.2, 0.25) is 0 Å². The summed E-state index contributed by atoms with van der Waals surface area (Å²) in [5, 5.41) is 0. The van der Waals surface area contributed by atoms with Crippen LogP contribution in [0, 0.1) is 5.92 Å². The van der Waals surface area contributed by atoms with E-state index < -0.39 is 0 Å². The van der Waals surface area contributed by atoms with Crippen molar-refractivity contribution in [2.24, 2.45) is 5.92 Å². The molecule has 0 aromatic heterocycles. The standard InChI is InChI=1S/C14H20O2/c1-12(2)11-13(15)7-6-10-16-14-8-4-3-5-9-14/h3-5,8-9,12H,6-7,10-11H2,1-2H3. The molecule has 0 aliphatic heterocycles. The molecule has 0 bridgehead atoms. The van der Waals surface area contributed by atoms with Crippen molar-refractivity contribution in [3.05, 3.63) is 30.3 Å². The van der Waals surface area contributed by atoms with Crippen molar-refractivity contribution in [3.8, 4) is 5.75 Å². The van der Waals surface area contributed by atoms with E-state index in [1.807, 2.05) is 30.3 Å². The van der Waals surface area contributed by atoms with E-state index in [0.717, 1.165) is 12.2 Å². The fourth-order valence-corrected chi connectivity index (χ4v) is 1.53. The number of hydrogen-bond acceptors (Lipinski definition) is 2. The number of benzene rings is 1. The number of ketones is 1. The SMILES string of the molecule is CC(C)CC(=O)CCCOc1ccccc1. The fraction of sp³-hybridized carbons (Fsp3) is 0.500. The van der Waals surface area contributed by atoms with Crippen LogP contribution in [0.4, 0.5) is 0 Å². The molecule has 0 radical (unpaired) electrons. The zero-order chi connectivity index (χ0) is 11.8. The molecule has 0 spiro atoms. The fourth-order valence-electron chi connectivity index (χ4n) is 1.53. The van der Waals surface area contributed by atoms with Crippen LogP contribution in [0.15, 0.2) is 30.3 Å². The van der Waals surface area contributed by atoms with Crippen LogP contribution in [0.3, 0.4) is 0 Å². The van der Waals surface area contributed by atoms with Gasteiger partial charge in [-0.15, -0.1) is 0 Å². The number of carbonyl (C=O) groups excluding carboxylic acids is 1. The Morgan fingerprint density at radius 1 is 1.25 bits per heavy atom. The monoisotopic (exact) mass is 220 g/mol. The Hall–Kier alpha value is -1.31. The van der Waals surface area contributed by atoms with Gasteiger partial charge >= 0.3 is 0 Å². The molecule has 1 aromatic carbocycles. The maximum Gasteiger partial charge on any atom is 0.133 e. The Morgan fingerprint density at radius 3 is 2.56 bits per heavy atom. The first-order chi connectivity index (χ1) is 7.68. The predicted molar refractivity (Wildman–Crippen MR) is 65.6 cm³/mol. The Bertz CT molecular complexity index is 304. The normalized spacial score (nSPS) is 10.4. The van der Waals surface area contributed by atoms with E-state index in [0.29, 0.717) is 31.1 Å². The minimum Gasteiger partial charge on any atom is -0.494 e. The first kappa shape index (κ1) is 12.8. The van der Waals surface area contributed by atoms with Crippen LogP contribution >= 0.6 is 0 Å². The Labute approximate surface area is 97.6 Å². The lowest BCUT2D eigenvalue weighted by Crippen LogP contribution is -2.05. The average molecular weight is 220 g/mol. The van der Waals surface area contributed by atoms with E-state index >= 15 is 0 Å². The quantitative estimate of drug-likeness (QED) is 0.658. The number of rotatable bonds is 7. The smallest absolute Gasteiger partial charge is 0.133 e. The Kier molecular flexibility index (Phi) is 5.62. The molecule has 88 valence electrons. The zero-order valence-corrected chi connectivity index (χ0v) is 10.1. The predicted octanol–water partition coefficient (Wildman–Crippen LogP) is 3.46.